The minimum Gasteiger partial charge on any atom is -0.486 e. The molecule has 1 aromatic carbocycles. The van der Waals surface area contributed by atoms with Gasteiger partial charge in [0, 0.05) is 6.07 Å². The lowest BCUT2D eigenvalue weighted by Gasteiger charge is -2.09. The Bertz CT molecular complexity index is 418. The quantitative estimate of drug-likeness (QED) is 0.608. The zero-order valence-corrected chi connectivity index (χ0v) is 8.95. The van der Waals surface area contributed by atoms with E-state index in [-0.39, 0.29) is 11.4 Å². The second kappa shape index (κ2) is 5.03. The highest BCUT2D eigenvalue weighted by Crippen LogP contribution is 2.28. The molecule has 94 valence electrons. The maximum Gasteiger partial charge on any atom is 0.392 e. The first kappa shape index (κ1) is 13.3. The number of halogens is 3. The molecular weight excluding hydrogens is 239 g/mol. The minimum atomic E-state index is -4.33. The van der Waals surface area contributed by atoms with Crippen molar-refractivity contribution in [1.29, 1.82) is 0 Å². The molecule has 0 saturated heterocycles. The maximum absolute atomic E-state index is 11.9. The predicted molar refractivity (Wildman–Crippen MR) is 54.0 cm³/mol. The van der Waals surface area contributed by atoms with Gasteiger partial charge in [-0.2, -0.15) is 13.2 Å². The van der Waals surface area contributed by atoms with Crippen LogP contribution < -0.4 is 4.74 Å². The fourth-order valence-electron chi connectivity index (χ4n) is 1.17. The summed E-state index contributed by atoms with van der Waals surface area (Å²) < 4.78 is 40.4. The summed E-state index contributed by atoms with van der Waals surface area (Å²) in [4.78, 5) is 9.95. The molecule has 0 amide bonds. The summed E-state index contributed by atoms with van der Waals surface area (Å²) in [5.41, 5.74) is 0.312. The molecule has 1 aromatic rings. The number of nitro groups is 1. The van der Waals surface area contributed by atoms with Gasteiger partial charge in [-0.25, -0.2) is 0 Å². The monoisotopic (exact) mass is 249 g/mol. The van der Waals surface area contributed by atoms with Crippen LogP contribution in [0.4, 0.5) is 18.9 Å². The van der Waals surface area contributed by atoms with Crippen molar-refractivity contribution in [3.8, 4) is 5.75 Å². The SMILES string of the molecule is Cc1ccc(OCCC(F)(F)F)c([N+](=O)[O-])c1. The molecule has 0 atom stereocenters. The lowest BCUT2D eigenvalue weighted by Crippen LogP contribution is -2.13. The lowest BCUT2D eigenvalue weighted by molar-refractivity contribution is -0.386. The molecule has 0 aliphatic rings. The van der Waals surface area contributed by atoms with Gasteiger partial charge in [0.2, 0.25) is 0 Å². The first-order valence-corrected chi connectivity index (χ1v) is 4.74. The molecule has 0 fully saturated rings. The summed E-state index contributed by atoms with van der Waals surface area (Å²) in [7, 11) is 0. The number of nitro benzene ring substituents is 1. The van der Waals surface area contributed by atoms with E-state index in [9.17, 15) is 23.3 Å². The molecule has 17 heavy (non-hydrogen) atoms. The number of aryl methyl sites for hydroxylation is 1. The maximum atomic E-state index is 11.9. The Kier molecular flexibility index (Phi) is 3.93. The topological polar surface area (TPSA) is 52.4 Å². The van der Waals surface area contributed by atoms with Crippen LogP contribution in [0.1, 0.15) is 12.0 Å². The number of nitrogens with zero attached hydrogens (tertiary/aromatic N) is 1. The molecule has 0 aliphatic carbocycles. The highest BCUT2D eigenvalue weighted by Gasteiger charge is 2.27. The van der Waals surface area contributed by atoms with Crippen LogP contribution in [-0.4, -0.2) is 17.7 Å². The van der Waals surface area contributed by atoms with E-state index in [2.05, 4.69) is 0 Å². The van der Waals surface area contributed by atoms with E-state index in [1.165, 1.54) is 18.2 Å². The largest absolute Gasteiger partial charge is 0.486 e. The Balaban J connectivity index is 2.74. The third kappa shape index (κ3) is 4.29. The van der Waals surface area contributed by atoms with E-state index in [4.69, 9.17) is 4.74 Å². The fraction of sp³-hybridized carbons (Fsp3) is 0.400. The van der Waals surface area contributed by atoms with Crippen molar-refractivity contribution >= 4 is 5.69 Å². The Hall–Kier alpha value is -1.79. The average Bonchev–Trinajstić information content (AvgIpc) is 2.18. The van der Waals surface area contributed by atoms with Crippen molar-refractivity contribution in [3.63, 3.8) is 0 Å². The Morgan fingerprint density at radius 3 is 2.59 bits per heavy atom. The van der Waals surface area contributed by atoms with E-state index >= 15 is 0 Å². The number of rotatable bonds is 4. The lowest BCUT2D eigenvalue weighted by atomic mass is 10.2. The Morgan fingerprint density at radius 2 is 2.06 bits per heavy atom. The number of hydrogen-bond donors (Lipinski definition) is 0. The van der Waals surface area contributed by atoms with Gasteiger partial charge in [0.15, 0.2) is 5.75 Å². The van der Waals surface area contributed by atoms with E-state index in [1.54, 1.807) is 6.92 Å². The van der Waals surface area contributed by atoms with Gasteiger partial charge < -0.3 is 4.74 Å². The fourth-order valence-corrected chi connectivity index (χ4v) is 1.17. The van der Waals surface area contributed by atoms with Crippen molar-refractivity contribution < 1.29 is 22.8 Å². The highest BCUT2D eigenvalue weighted by molar-refractivity contribution is 5.48. The summed E-state index contributed by atoms with van der Waals surface area (Å²) in [6.07, 6.45) is -5.47. The van der Waals surface area contributed by atoms with Gasteiger partial charge in [-0.05, 0) is 18.6 Å². The van der Waals surface area contributed by atoms with Crippen LogP contribution >= 0.6 is 0 Å². The zero-order valence-electron chi connectivity index (χ0n) is 8.95. The van der Waals surface area contributed by atoms with E-state index in [1.807, 2.05) is 0 Å². The number of benzene rings is 1. The number of hydrogen-bond acceptors (Lipinski definition) is 3. The first-order valence-electron chi connectivity index (χ1n) is 4.74. The summed E-state index contributed by atoms with van der Waals surface area (Å²) >= 11 is 0. The van der Waals surface area contributed by atoms with Crippen LogP contribution in [0.2, 0.25) is 0 Å². The Morgan fingerprint density at radius 1 is 1.41 bits per heavy atom. The van der Waals surface area contributed by atoms with Crippen molar-refractivity contribution in [1.82, 2.24) is 0 Å². The number of ether oxygens (including phenoxy) is 1. The van der Waals surface area contributed by atoms with Gasteiger partial charge in [0.25, 0.3) is 0 Å². The molecule has 0 aliphatic heterocycles. The van der Waals surface area contributed by atoms with Crippen LogP contribution in [0.5, 0.6) is 5.75 Å². The van der Waals surface area contributed by atoms with Crippen LogP contribution in [0, 0.1) is 17.0 Å². The second-order valence-corrected chi connectivity index (χ2v) is 3.44. The van der Waals surface area contributed by atoms with Crippen molar-refractivity contribution in [2.75, 3.05) is 6.61 Å². The van der Waals surface area contributed by atoms with Gasteiger partial charge >= 0.3 is 11.9 Å². The smallest absolute Gasteiger partial charge is 0.392 e. The van der Waals surface area contributed by atoms with Crippen LogP contribution in [0.25, 0.3) is 0 Å². The molecule has 0 saturated carbocycles. The van der Waals surface area contributed by atoms with Crippen molar-refractivity contribution in [2.45, 2.75) is 19.5 Å². The van der Waals surface area contributed by atoms with E-state index in [0.717, 1.165) is 0 Å². The van der Waals surface area contributed by atoms with Gasteiger partial charge in [0.1, 0.15) is 0 Å². The molecule has 7 heteroatoms. The van der Waals surface area contributed by atoms with Crippen LogP contribution in [0.3, 0.4) is 0 Å². The molecular formula is C10H10F3NO3. The second-order valence-electron chi connectivity index (χ2n) is 3.44. The molecule has 0 unspecified atom stereocenters. The highest BCUT2D eigenvalue weighted by atomic mass is 19.4. The molecule has 0 N–H and O–H groups in total. The molecule has 1 rings (SSSR count). The van der Waals surface area contributed by atoms with Gasteiger partial charge in [-0.15, -0.1) is 0 Å². The average molecular weight is 249 g/mol. The van der Waals surface area contributed by atoms with Gasteiger partial charge in [-0.3, -0.25) is 10.1 Å². The summed E-state index contributed by atoms with van der Waals surface area (Å²) in [5.74, 6) is -0.148. The third-order valence-corrected chi connectivity index (χ3v) is 1.95. The molecule has 4 nitrogen and oxygen atoms in total. The summed E-state index contributed by atoms with van der Waals surface area (Å²) in [5, 5.41) is 10.6. The summed E-state index contributed by atoms with van der Waals surface area (Å²) in [6, 6.07) is 4.09. The Labute approximate surface area is 95.2 Å². The summed E-state index contributed by atoms with van der Waals surface area (Å²) in [6.45, 7) is 1.01. The van der Waals surface area contributed by atoms with E-state index in [0.29, 0.717) is 5.56 Å². The van der Waals surface area contributed by atoms with E-state index < -0.39 is 24.1 Å². The van der Waals surface area contributed by atoms with Crippen LogP contribution in [-0.2, 0) is 0 Å². The van der Waals surface area contributed by atoms with Crippen molar-refractivity contribution in [2.24, 2.45) is 0 Å². The van der Waals surface area contributed by atoms with Gasteiger partial charge in [0.05, 0.1) is 18.0 Å². The predicted octanol–water partition coefficient (Wildman–Crippen LogP) is 3.23. The van der Waals surface area contributed by atoms with Crippen LogP contribution in [0.15, 0.2) is 18.2 Å². The zero-order chi connectivity index (χ0) is 13.1. The minimum absolute atomic E-state index is 0.148. The molecule has 0 spiro atoms. The number of alkyl halides is 3. The molecule has 0 bridgehead atoms. The normalized spacial score (nSPS) is 11.3. The van der Waals surface area contributed by atoms with Crippen molar-refractivity contribution in [3.05, 3.63) is 33.9 Å². The van der Waals surface area contributed by atoms with Gasteiger partial charge in [-0.1, -0.05) is 6.07 Å². The molecule has 0 radical (unpaired) electrons. The molecule has 0 aromatic heterocycles. The first-order chi connectivity index (χ1) is 7.79. The standard InChI is InChI=1S/C10H10F3NO3/c1-7-2-3-9(8(6-7)14(15)16)17-5-4-10(11,12)13/h2-3,6H,4-5H2,1H3. The molecule has 0 heterocycles. The third-order valence-electron chi connectivity index (χ3n) is 1.95.